The number of nitrogens with zero attached hydrogens (tertiary/aromatic N) is 4. The third kappa shape index (κ3) is 3.70. The van der Waals surface area contributed by atoms with Crippen LogP contribution in [0.1, 0.15) is 37.9 Å². The summed E-state index contributed by atoms with van der Waals surface area (Å²) in [6, 6.07) is 0. The summed E-state index contributed by atoms with van der Waals surface area (Å²) < 4.78 is 4.12. The van der Waals surface area contributed by atoms with Gasteiger partial charge in [-0.1, -0.05) is 0 Å². The lowest BCUT2D eigenvalue weighted by Gasteiger charge is -2.20. The number of hydrogen-bond acceptors (Lipinski definition) is 3. The van der Waals surface area contributed by atoms with Crippen molar-refractivity contribution in [3.63, 3.8) is 0 Å². The molecule has 0 saturated carbocycles. The Bertz CT molecular complexity index is 559. The zero-order valence-corrected chi connectivity index (χ0v) is 13.1. The zero-order chi connectivity index (χ0) is 14.8. The van der Waals surface area contributed by atoms with E-state index in [4.69, 9.17) is 0 Å². The molecular weight excluding hydrogens is 250 g/mol. The summed E-state index contributed by atoms with van der Waals surface area (Å²) in [7, 11) is 2.02. The van der Waals surface area contributed by atoms with Crippen molar-refractivity contribution in [2.75, 3.05) is 0 Å². The van der Waals surface area contributed by atoms with E-state index in [2.05, 4.69) is 52.3 Å². The van der Waals surface area contributed by atoms with Gasteiger partial charge in [0.1, 0.15) is 5.82 Å². The topological polar surface area (TPSA) is 47.7 Å². The van der Waals surface area contributed by atoms with E-state index in [0.717, 1.165) is 25.3 Å². The van der Waals surface area contributed by atoms with Gasteiger partial charge in [-0.3, -0.25) is 4.68 Å². The maximum absolute atomic E-state index is 4.49. The Labute approximate surface area is 121 Å². The Balaban J connectivity index is 1.97. The van der Waals surface area contributed by atoms with Gasteiger partial charge in [0.05, 0.1) is 6.20 Å². The van der Waals surface area contributed by atoms with Crippen LogP contribution in [0.25, 0.3) is 0 Å². The summed E-state index contributed by atoms with van der Waals surface area (Å²) in [5, 5.41) is 7.99. The van der Waals surface area contributed by atoms with Crippen molar-refractivity contribution >= 4 is 0 Å². The second-order valence-corrected chi connectivity index (χ2v) is 6.29. The average molecular weight is 275 g/mol. The molecule has 110 valence electrons. The number of aromatic nitrogens is 4. The van der Waals surface area contributed by atoms with Gasteiger partial charge in [-0.25, -0.2) is 4.98 Å². The minimum Gasteiger partial charge on any atom is -0.338 e. The van der Waals surface area contributed by atoms with Crippen LogP contribution < -0.4 is 5.32 Å². The number of nitrogens with one attached hydrogen (secondary N) is 1. The monoisotopic (exact) mass is 275 g/mol. The lowest BCUT2D eigenvalue weighted by Crippen LogP contribution is -2.35. The molecule has 0 spiro atoms. The smallest absolute Gasteiger partial charge is 0.110 e. The summed E-state index contributed by atoms with van der Waals surface area (Å²) in [5.41, 5.74) is 2.62. The van der Waals surface area contributed by atoms with E-state index in [0.29, 0.717) is 0 Å². The van der Waals surface area contributed by atoms with Crippen LogP contribution in [0, 0.1) is 6.92 Å². The fourth-order valence-corrected chi connectivity index (χ4v) is 2.09. The van der Waals surface area contributed by atoms with Crippen molar-refractivity contribution < 1.29 is 0 Å². The second kappa shape index (κ2) is 5.79. The molecule has 2 aromatic heterocycles. The van der Waals surface area contributed by atoms with Gasteiger partial charge in [0.2, 0.25) is 0 Å². The highest BCUT2D eigenvalue weighted by molar-refractivity contribution is 5.16. The van der Waals surface area contributed by atoms with E-state index >= 15 is 0 Å². The van der Waals surface area contributed by atoms with E-state index in [1.165, 1.54) is 11.3 Å². The Morgan fingerprint density at radius 1 is 1.30 bits per heavy atom. The maximum atomic E-state index is 4.49. The first-order chi connectivity index (χ1) is 9.37. The predicted octanol–water partition coefficient (Wildman–Crippen LogP) is 2.06. The van der Waals surface area contributed by atoms with E-state index in [-0.39, 0.29) is 5.54 Å². The first kappa shape index (κ1) is 14.8. The first-order valence-electron chi connectivity index (χ1n) is 7.09. The van der Waals surface area contributed by atoms with Crippen molar-refractivity contribution in [1.29, 1.82) is 0 Å². The molecule has 0 fully saturated rings. The van der Waals surface area contributed by atoms with Crippen molar-refractivity contribution in [1.82, 2.24) is 24.6 Å². The number of rotatable bonds is 5. The van der Waals surface area contributed by atoms with Crippen LogP contribution in [0.4, 0.5) is 0 Å². The van der Waals surface area contributed by atoms with Gasteiger partial charge in [-0.2, -0.15) is 5.10 Å². The van der Waals surface area contributed by atoms with Crippen molar-refractivity contribution in [3.05, 3.63) is 35.7 Å². The molecule has 5 heteroatoms. The van der Waals surface area contributed by atoms with Gasteiger partial charge >= 0.3 is 0 Å². The van der Waals surface area contributed by atoms with Gasteiger partial charge in [-0.05, 0) is 27.7 Å². The molecule has 0 aliphatic rings. The molecule has 1 N–H and O–H groups in total. The van der Waals surface area contributed by atoms with Crippen molar-refractivity contribution in [2.24, 2.45) is 7.05 Å². The maximum Gasteiger partial charge on any atom is 0.110 e. The molecule has 0 unspecified atom stereocenters. The van der Waals surface area contributed by atoms with E-state index in [9.17, 15) is 0 Å². The van der Waals surface area contributed by atoms with Crippen LogP contribution in [-0.4, -0.2) is 24.9 Å². The summed E-state index contributed by atoms with van der Waals surface area (Å²) in [4.78, 5) is 4.35. The van der Waals surface area contributed by atoms with Crippen LogP contribution in [0.5, 0.6) is 0 Å². The molecule has 0 aliphatic carbocycles. The van der Waals surface area contributed by atoms with Crippen LogP contribution in [0.15, 0.2) is 18.6 Å². The van der Waals surface area contributed by atoms with Gasteiger partial charge < -0.3 is 9.88 Å². The Hall–Kier alpha value is -1.62. The quantitative estimate of drug-likeness (QED) is 0.908. The second-order valence-electron chi connectivity index (χ2n) is 6.29. The highest BCUT2D eigenvalue weighted by Crippen LogP contribution is 2.10. The van der Waals surface area contributed by atoms with Crippen LogP contribution in [0.3, 0.4) is 0 Å². The third-order valence-electron chi connectivity index (χ3n) is 3.48. The standard InChI is InChI=1S/C15H25N5/c1-12-13(10-17-15(2,3)4)11-18-20(12)8-6-14-16-7-9-19(14)5/h7,9,11,17H,6,8,10H2,1-5H3. The molecule has 0 bridgehead atoms. The van der Waals surface area contributed by atoms with E-state index in [1.807, 2.05) is 25.6 Å². The van der Waals surface area contributed by atoms with Crippen LogP contribution in [-0.2, 0) is 26.6 Å². The first-order valence-corrected chi connectivity index (χ1v) is 7.09. The zero-order valence-electron chi connectivity index (χ0n) is 13.1. The predicted molar refractivity (Wildman–Crippen MR) is 80.5 cm³/mol. The summed E-state index contributed by atoms with van der Waals surface area (Å²) >= 11 is 0. The highest BCUT2D eigenvalue weighted by Gasteiger charge is 2.12. The molecule has 0 saturated heterocycles. The molecular formula is C15H25N5. The molecule has 2 heterocycles. The molecule has 2 aromatic rings. The van der Waals surface area contributed by atoms with Crippen LogP contribution in [0.2, 0.25) is 0 Å². The Morgan fingerprint density at radius 3 is 2.65 bits per heavy atom. The normalized spacial score (nSPS) is 12.1. The van der Waals surface area contributed by atoms with Crippen molar-refractivity contribution in [3.8, 4) is 0 Å². The number of hydrogen-bond donors (Lipinski definition) is 1. The highest BCUT2D eigenvalue weighted by atomic mass is 15.3. The minimum atomic E-state index is 0.126. The molecule has 0 atom stereocenters. The lowest BCUT2D eigenvalue weighted by atomic mass is 10.1. The van der Waals surface area contributed by atoms with Crippen LogP contribution >= 0.6 is 0 Å². The van der Waals surface area contributed by atoms with E-state index in [1.54, 1.807) is 0 Å². The van der Waals surface area contributed by atoms with Gasteiger partial charge in [0, 0.05) is 55.7 Å². The van der Waals surface area contributed by atoms with Gasteiger partial charge in [0.15, 0.2) is 0 Å². The molecule has 20 heavy (non-hydrogen) atoms. The summed E-state index contributed by atoms with van der Waals surface area (Å²) in [6.07, 6.45) is 6.68. The number of imidazole rings is 1. The Kier molecular flexibility index (Phi) is 4.28. The molecule has 5 nitrogen and oxygen atoms in total. The average Bonchev–Trinajstić information content (AvgIpc) is 2.91. The summed E-state index contributed by atoms with van der Waals surface area (Å²) in [6.45, 7) is 10.4. The third-order valence-corrected chi connectivity index (χ3v) is 3.48. The van der Waals surface area contributed by atoms with E-state index < -0.39 is 0 Å². The largest absolute Gasteiger partial charge is 0.338 e. The van der Waals surface area contributed by atoms with Crippen molar-refractivity contribution in [2.45, 2.75) is 52.7 Å². The molecule has 0 aliphatic heterocycles. The SMILES string of the molecule is Cc1c(CNC(C)(C)C)cnn1CCc1nccn1C. The number of aryl methyl sites for hydroxylation is 3. The molecule has 0 aromatic carbocycles. The summed E-state index contributed by atoms with van der Waals surface area (Å²) in [5.74, 6) is 1.09. The lowest BCUT2D eigenvalue weighted by molar-refractivity contribution is 0.423. The molecule has 0 radical (unpaired) electrons. The van der Waals surface area contributed by atoms with Gasteiger partial charge in [-0.15, -0.1) is 0 Å². The molecule has 0 amide bonds. The Morgan fingerprint density at radius 2 is 2.05 bits per heavy atom. The fourth-order valence-electron chi connectivity index (χ4n) is 2.09. The minimum absolute atomic E-state index is 0.126. The van der Waals surface area contributed by atoms with Gasteiger partial charge in [0.25, 0.3) is 0 Å². The fraction of sp³-hybridized carbons (Fsp3) is 0.600. The molecule has 2 rings (SSSR count).